The lowest BCUT2D eigenvalue weighted by molar-refractivity contribution is 0.0798. The molecule has 0 bridgehead atoms. The number of hydrogen-bond donors (Lipinski definition) is 0. The Hall–Kier alpha value is -1.48. The molecule has 0 unspecified atom stereocenters. The molecule has 0 radical (unpaired) electrons. The van der Waals surface area contributed by atoms with Gasteiger partial charge < -0.3 is 9.32 Å². The third-order valence-corrected chi connectivity index (χ3v) is 2.81. The fourth-order valence-corrected chi connectivity index (χ4v) is 1.83. The summed E-state index contributed by atoms with van der Waals surface area (Å²) in [7, 11) is 3.38. The molecule has 1 aromatic heterocycles. The number of hydrogen-bond acceptors (Lipinski definition) is 2. The van der Waals surface area contributed by atoms with Crippen LogP contribution in [0.3, 0.4) is 0 Å². The molecule has 84 valence electrons. The molecule has 0 aliphatic heterocycles. The number of halogens is 1. The maximum absolute atomic E-state index is 11.8. The molecule has 1 aromatic carbocycles. The first-order valence-corrected chi connectivity index (χ1v) is 5.29. The van der Waals surface area contributed by atoms with Crippen molar-refractivity contribution in [3.63, 3.8) is 0 Å². The van der Waals surface area contributed by atoms with Crippen LogP contribution in [0, 0.1) is 6.92 Å². The first-order valence-electron chi connectivity index (χ1n) is 4.91. The molecule has 0 aliphatic carbocycles. The van der Waals surface area contributed by atoms with E-state index in [9.17, 15) is 4.79 Å². The lowest BCUT2D eigenvalue weighted by Crippen LogP contribution is -2.21. The predicted octanol–water partition coefficient (Wildman–Crippen LogP) is 3.10. The molecule has 0 N–H and O–H groups in total. The normalized spacial score (nSPS) is 10.8. The van der Waals surface area contributed by atoms with Crippen molar-refractivity contribution in [3.8, 4) is 0 Å². The highest BCUT2D eigenvalue weighted by atomic mass is 35.5. The zero-order chi connectivity index (χ0) is 11.9. The zero-order valence-corrected chi connectivity index (χ0v) is 10.1. The number of amides is 1. The van der Waals surface area contributed by atoms with E-state index in [0.717, 1.165) is 10.9 Å². The van der Waals surface area contributed by atoms with E-state index in [4.69, 9.17) is 16.0 Å². The first-order chi connectivity index (χ1) is 7.52. The fraction of sp³-hybridized carbons (Fsp3) is 0.250. The minimum absolute atomic E-state index is 0.148. The number of para-hydroxylation sites is 1. The Labute approximate surface area is 98.6 Å². The van der Waals surface area contributed by atoms with Gasteiger partial charge in [0.2, 0.25) is 0 Å². The zero-order valence-electron chi connectivity index (χ0n) is 9.37. The highest BCUT2D eigenvalue weighted by Crippen LogP contribution is 2.30. The topological polar surface area (TPSA) is 33.5 Å². The summed E-state index contributed by atoms with van der Waals surface area (Å²) in [5.74, 6) is 0.206. The third kappa shape index (κ3) is 1.57. The molecule has 0 fully saturated rings. The molecule has 3 nitrogen and oxygen atoms in total. The second-order valence-corrected chi connectivity index (χ2v) is 4.28. The molecule has 0 atom stereocenters. The lowest BCUT2D eigenvalue weighted by Gasteiger charge is -2.07. The Kier molecular flexibility index (Phi) is 2.64. The van der Waals surface area contributed by atoms with Crippen LogP contribution in [0.4, 0.5) is 0 Å². The van der Waals surface area contributed by atoms with Crippen molar-refractivity contribution in [3.05, 3.63) is 34.5 Å². The van der Waals surface area contributed by atoms with Gasteiger partial charge in [0.25, 0.3) is 5.91 Å². The maximum Gasteiger partial charge on any atom is 0.289 e. The number of carbonyl (C=O) groups excluding carboxylic acids is 1. The Balaban J connectivity index is 2.69. The first kappa shape index (κ1) is 11.0. The van der Waals surface area contributed by atoms with Gasteiger partial charge in [-0.3, -0.25) is 4.79 Å². The van der Waals surface area contributed by atoms with Crippen LogP contribution in [-0.4, -0.2) is 24.9 Å². The second kappa shape index (κ2) is 3.83. The quantitative estimate of drug-likeness (QED) is 0.764. The molecule has 16 heavy (non-hydrogen) atoms. The van der Waals surface area contributed by atoms with Gasteiger partial charge in [-0.25, -0.2) is 0 Å². The van der Waals surface area contributed by atoms with Gasteiger partial charge in [0.05, 0.1) is 5.02 Å². The largest absolute Gasteiger partial charge is 0.449 e. The molecular formula is C12H12ClNO2. The van der Waals surface area contributed by atoms with Crippen LogP contribution >= 0.6 is 11.6 Å². The van der Waals surface area contributed by atoms with Crippen molar-refractivity contribution < 1.29 is 9.21 Å². The van der Waals surface area contributed by atoms with Crippen LogP contribution in [-0.2, 0) is 0 Å². The van der Waals surface area contributed by atoms with Crippen LogP contribution in [0.15, 0.2) is 22.6 Å². The molecule has 0 saturated heterocycles. The van der Waals surface area contributed by atoms with Crippen molar-refractivity contribution in [1.29, 1.82) is 0 Å². The molecule has 0 saturated carbocycles. The average Bonchev–Trinajstić information content (AvgIpc) is 2.57. The predicted molar refractivity (Wildman–Crippen MR) is 64.0 cm³/mol. The summed E-state index contributed by atoms with van der Waals surface area (Å²) < 4.78 is 5.53. The van der Waals surface area contributed by atoms with E-state index < -0.39 is 0 Å². The van der Waals surface area contributed by atoms with Gasteiger partial charge in [-0.15, -0.1) is 0 Å². The fourth-order valence-electron chi connectivity index (χ4n) is 1.62. The summed E-state index contributed by atoms with van der Waals surface area (Å²) in [6.45, 7) is 1.86. The number of carbonyl (C=O) groups is 1. The van der Waals surface area contributed by atoms with E-state index >= 15 is 0 Å². The summed E-state index contributed by atoms with van der Waals surface area (Å²) in [5, 5.41) is 1.41. The van der Waals surface area contributed by atoms with Gasteiger partial charge in [-0.05, 0) is 13.0 Å². The standard InChI is InChI=1S/C12H12ClNO2/c1-7-8-5-4-6-9(13)11(8)16-10(7)12(15)14(2)3/h4-6H,1-3H3. The Morgan fingerprint density at radius 1 is 1.38 bits per heavy atom. The van der Waals surface area contributed by atoms with E-state index in [1.165, 1.54) is 4.90 Å². The highest BCUT2D eigenvalue weighted by molar-refractivity contribution is 6.35. The summed E-state index contributed by atoms with van der Waals surface area (Å²) in [4.78, 5) is 13.3. The van der Waals surface area contributed by atoms with E-state index in [1.54, 1.807) is 20.2 Å². The van der Waals surface area contributed by atoms with Crippen molar-refractivity contribution in [2.24, 2.45) is 0 Å². The van der Waals surface area contributed by atoms with E-state index in [-0.39, 0.29) is 5.91 Å². The smallest absolute Gasteiger partial charge is 0.289 e. The van der Waals surface area contributed by atoms with E-state index in [1.807, 2.05) is 19.1 Å². The molecule has 4 heteroatoms. The Morgan fingerprint density at radius 3 is 2.62 bits per heavy atom. The van der Waals surface area contributed by atoms with E-state index in [2.05, 4.69) is 0 Å². The minimum atomic E-state index is -0.148. The van der Waals surface area contributed by atoms with E-state index in [0.29, 0.717) is 16.4 Å². The van der Waals surface area contributed by atoms with Crippen molar-refractivity contribution in [2.45, 2.75) is 6.92 Å². The number of nitrogens with zero attached hydrogens (tertiary/aromatic N) is 1. The van der Waals surface area contributed by atoms with Crippen LogP contribution in [0.5, 0.6) is 0 Å². The van der Waals surface area contributed by atoms with Gasteiger partial charge in [0, 0.05) is 25.0 Å². The molecule has 1 amide bonds. The number of benzene rings is 1. The number of furan rings is 1. The van der Waals surface area contributed by atoms with Gasteiger partial charge in [-0.1, -0.05) is 23.7 Å². The molecule has 0 spiro atoms. The molecule has 1 heterocycles. The van der Waals surface area contributed by atoms with Crippen LogP contribution in [0.2, 0.25) is 5.02 Å². The Bertz CT molecular complexity index is 557. The van der Waals surface area contributed by atoms with Crippen molar-refractivity contribution in [1.82, 2.24) is 4.90 Å². The second-order valence-electron chi connectivity index (χ2n) is 3.87. The average molecular weight is 238 g/mol. The van der Waals surface area contributed by atoms with Crippen LogP contribution in [0.1, 0.15) is 16.1 Å². The summed E-state index contributed by atoms with van der Waals surface area (Å²) in [5.41, 5.74) is 1.41. The highest BCUT2D eigenvalue weighted by Gasteiger charge is 2.19. The van der Waals surface area contributed by atoms with Gasteiger partial charge in [0.1, 0.15) is 0 Å². The summed E-state index contributed by atoms with van der Waals surface area (Å²) >= 11 is 6.01. The van der Waals surface area contributed by atoms with Crippen LogP contribution < -0.4 is 0 Å². The number of rotatable bonds is 1. The number of fused-ring (bicyclic) bond motifs is 1. The monoisotopic (exact) mass is 237 g/mol. The Morgan fingerprint density at radius 2 is 2.06 bits per heavy atom. The summed E-state index contributed by atoms with van der Waals surface area (Å²) in [6.07, 6.45) is 0. The van der Waals surface area contributed by atoms with Crippen molar-refractivity contribution in [2.75, 3.05) is 14.1 Å². The minimum Gasteiger partial charge on any atom is -0.449 e. The molecule has 2 rings (SSSR count). The SMILES string of the molecule is Cc1c(C(=O)N(C)C)oc2c(Cl)cccc12. The lowest BCUT2D eigenvalue weighted by atomic mass is 10.1. The van der Waals surface area contributed by atoms with Crippen LogP contribution in [0.25, 0.3) is 11.0 Å². The summed E-state index contributed by atoms with van der Waals surface area (Å²) in [6, 6.07) is 5.49. The molecule has 0 aliphatic rings. The third-order valence-electron chi connectivity index (χ3n) is 2.52. The molecule has 2 aromatic rings. The van der Waals surface area contributed by atoms with Crippen molar-refractivity contribution >= 4 is 28.5 Å². The van der Waals surface area contributed by atoms with Gasteiger partial charge in [0.15, 0.2) is 11.3 Å². The van der Waals surface area contributed by atoms with Gasteiger partial charge in [-0.2, -0.15) is 0 Å². The van der Waals surface area contributed by atoms with Gasteiger partial charge >= 0.3 is 0 Å². The molecular weight excluding hydrogens is 226 g/mol. The number of aryl methyl sites for hydroxylation is 1. The maximum atomic E-state index is 11.8.